The number of hydrogen-bond acceptors (Lipinski definition) is 3. The Bertz CT molecular complexity index is 479. The number of carbonyl (C=O) groups is 1. The zero-order valence-corrected chi connectivity index (χ0v) is 16.0. The third kappa shape index (κ3) is 5.33. The normalized spacial score (nSPS) is 26.2. The summed E-state index contributed by atoms with van der Waals surface area (Å²) in [5, 5.41) is 19.6. The van der Waals surface area contributed by atoms with Crippen molar-refractivity contribution in [2.45, 2.75) is 64.9 Å². The summed E-state index contributed by atoms with van der Waals surface area (Å²) in [5.74, 6) is 0.447. The molecule has 0 spiro atoms. The molecule has 1 fully saturated rings. The molecule has 0 bridgehead atoms. The molecular weight excluding hydrogens is 310 g/mol. The summed E-state index contributed by atoms with van der Waals surface area (Å²) in [5.41, 5.74) is 1.23. The van der Waals surface area contributed by atoms with E-state index in [0.29, 0.717) is 12.5 Å². The monoisotopic (exact) mass is 341 g/mol. The highest BCUT2D eigenvalue weighted by Gasteiger charge is 2.39. The van der Waals surface area contributed by atoms with E-state index in [1.165, 1.54) is 4.90 Å². The highest BCUT2D eigenvalue weighted by atomic mass is 28.4. The third-order valence-electron chi connectivity index (χ3n) is 4.43. The number of β-amino-alcohol motifs (C(OH)–C–C–N with tert-alkyl or cyclic N) is 1. The molecule has 2 rings (SSSR count). The van der Waals surface area contributed by atoms with E-state index < -0.39 is 20.5 Å². The standard InChI is InChI=1S/C17H31NO4Si/c1-17(2,3)11-23(4,5)22-10-13-8-14(12-6-7-12)15(19)9-18(13)16(20)21/h8,12-13,15,19H,6-7,9-11H2,1-5H3,(H,20,21). The number of aliphatic hydroxyl groups is 1. The van der Waals surface area contributed by atoms with Gasteiger partial charge in [0.1, 0.15) is 0 Å². The number of nitrogens with zero attached hydrogens (tertiary/aromatic N) is 1. The fraction of sp³-hybridized carbons (Fsp3) is 0.824. The molecule has 132 valence electrons. The molecule has 5 nitrogen and oxygen atoms in total. The van der Waals surface area contributed by atoms with E-state index in [4.69, 9.17) is 4.43 Å². The van der Waals surface area contributed by atoms with Gasteiger partial charge in [0.25, 0.3) is 0 Å². The summed E-state index contributed by atoms with van der Waals surface area (Å²) < 4.78 is 6.22. The average molecular weight is 342 g/mol. The number of carboxylic acid groups (broad SMARTS) is 1. The quantitative estimate of drug-likeness (QED) is 0.594. The van der Waals surface area contributed by atoms with Crippen LogP contribution in [-0.2, 0) is 4.43 Å². The van der Waals surface area contributed by atoms with Gasteiger partial charge in [0.05, 0.1) is 25.3 Å². The molecule has 2 unspecified atom stereocenters. The smallest absolute Gasteiger partial charge is 0.407 e. The molecule has 0 aromatic rings. The maximum atomic E-state index is 11.5. The Morgan fingerprint density at radius 1 is 1.39 bits per heavy atom. The van der Waals surface area contributed by atoms with E-state index in [9.17, 15) is 15.0 Å². The van der Waals surface area contributed by atoms with Crippen LogP contribution in [0.2, 0.25) is 19.1 Å². The van der Waals surface area contributed by atoms with Crippen LogP contribution in [0.15, 0.2) is 11.6 Å². The second-order valence-corrected chi connectivity index (χ2v) is 12.9. The van der Waals surface area contributed by atoms with Crippen molar-refractivity contribution in [2.75, 3.05) is 13.2 Å². The van der Waals surface area contributed by atoms with Crippen molar-refractivity contribution < 1.29 is 19.4 Å². The molecule has 0 aromatic heterocycles. The van der Waals surface area contributed by atoms with Crippen LogP contribution < -0.4 is 0 Å². The second kappa shape index (κ2) is 6.57. The van der Waals surface area contributed by atoms with E-state index in [0.717, 1.165) is 24.5 Å². The first-order chi connectivity index (χ1) is 10.5. The van der Waals surface area contributed by atoms with Gasteiger partial charge in [-0.15, -0.1) is 0 Å². The first-order valence-corrected chi connectivity index (χ1v) is 11.6. The van der Waals surface area contributed by atoms with Crippen molar-refractivity contribution in [1.82, 2.24) is 4.90 Å². The van der Waals surface area contributed by atoms with Gasteiger partial charge in [0.15, 0.2) is 8.32 Å². The molecule has 1 saturated carbocycles. The van der Waals surface area contributed by atoms with E-state index in [1.807, 2.05) is 6.08 Å². The van der Waals surface area contributed by atoms with Crippen molar-refractivity contribution >= 4 is 14.4 Å². The number of amides is 1. The molecule has 2 N–H and O–H groups in total. The Labute approximate surface area is 140 Å². The van der Waals surface area contributed by atoms with Gasteiger partial charge < -0.3 is 14.6 Å². The summed E-state index contributed by atoms with van der Waals surface area (Å²) in [7, 11) is -1.85. The molecule has 1 aliphatic heterocycles. The van der Waals surface area contributed by atoms with Crippen LogP contribution in [0.5, 0.6) is 0 Å². The second-order valence-electron chi connectivity index (χ2n) is 8.77. The lowest BCUT2D eigenvalue weighted by atomic mass is 9.96. The van der Waals surface area contributed by atoms with Crippen molar-refractivity contribution in [2.24, 2.45) is 11.3 Å². The van der Waals surface area contributed by atoms with Crippen molar-refractivity contribution in [3.63, 3.8) is 0 Å². The van der Waals surface area contributed by atoms with Gasteiger partial charge in [0.2, 0.25) is 0 Å². The summed E-state index contributed by atoms with van der Waals surface area (Å²) in [6.45, 7) is 11.5. The lowest BCUT2D eigenvalue weighted by Gasteiger charge is -2.38. The van der Waals surface area contributed by atoms with E-state index in [1.54, 1.807) is 0 Å². The highest BCUT2D eigenvalue weighted by molar-refractivity contribution is 6.71. The molecule has 0 saturated heterocycles. The molecule has 0 radical (unpaired) electrons. The lowest BCUT2D eigenvalue weighted by molar-refractivity contribution is 0.0714. The molecule has 23 heavy (non-hydrogen) atoms. The number of aliphatic hydroxyl groups excluding tert-OH is 1. The Hall–Kier alpha value is -0.853. The van der Waals surface area contributed by atoms with Crippen LogP contribution in [0.3, 0.4) is 0 Å². The molecule has 2 aliphatic rings. The number of hydrogen-bond donors (Lipinski definition) is 2. The summed E-state index contributed by atoms with van der Waals surface area (Å²) >= 11 is 0. The van der Waals surface area contributed by atoms with Crippen molar-refractivity contribution in [3.05, 3.63) is 11.6 Å². The van der Waals surface area contributed by atoms with Gasteiger partial charge >= 0.3 is 6.09 Å². The molecule has 1 amide bonds. The minimum atomic E-state index is -1.85. The number of rotatable bonds is 5. The predicted octanol–water partition coefficient (Wildman–Crippen LogP) is 3.31. The van der Waals surface area contributed by atoms with Crippen LogP contribution >= 0.6 is 0 Å². The van der Waals surface area contributed by atoms with Gasteiger partial charge in [-0.05, 0) is 48.9 Å². The van der Waals surface area contributed by atoms with Gasteiger partial charge in [-0.25, -0.2) is 4.79 Å². The van der Waals surface area contributed by atoms with Gasteiger partial charge in [-0.1, -0.05) is 26.8 Å². The fourth-order valence-corrected chi connectivity index (χ4v) is 6.95. The average Bonchev–Trinajstić information content (AvgIpc) is 3.18. The lowest BCUT2D eigenvalue weighted by Crippen LogP contribution is -2.51. The predicted molar refractivity (Wildman–Crippen MR) is 93.0 cm³/mol. The highest BCUT2D eigenvalue weighted by Crippen LogP contribution is 2.40. The summed E-state index contributed by atoms with van der Waals surface area (Å²) in [6.07, 6.45) is 2.51. The Kier molecular flexibility index (Phi) is 5.28. The fourth-order valence-electron chi connectivity index (χ4n) is 3.67. The third-order valence-corrected chi connectivity index (χ3v) is 7.30. The van der Waals surface area contributed by atoms with Crippen LogP contribution in [0.25, 0.3) is 0 Å². The summed E-state index contributed by atoms with van der Waals surface area (Å²) in [4.78, 5) is 12.8. The Morgan fingerprint density at radius 3 is 2.48 bits per heavy atom. The topological polar surface area (TPSA) is 70.0 Å². The first-order valence-electron chi connectivity index (χ1n) is 8.52. The molecule has 2 atom stereocenters. The van der Waals surface area contributed by atoms with Crippen molar-refractivity contribution in [1.29, 1.82) is 0 Å². The summed E-state index contributed by atoms with van der Waals surface area (Å²) in [6, 6.07) is 0.750. The van der Waals surface area contributed by atoms with E-state index in [2.05, 4.69) is 33.9 Å². The Morgan fingerprint density at radius 2 is 2.00 bits per heavy atom. The Balaban J connectivity index is 2.06. The van der Waals surface area contributed by atoms with E-state index >= 15 is 0 Å². The molecule has 1 heterocycles. The SMILES string of the molecule is CC(C)(C)C[Si](C)(C)OCC1C=C(C2CC2)C(O)CN1C(=O)O. The molecule has 1 aliphatic carbocycles. The maximum absolute atomic E-state index is 11.5. The van der Waals surface area contributed by atoms with E-state index in [-0.39, 0.29) is 18.0 Å². The zero-order valence-electron chi connectivity index (χ0n) is 15.0. The minimum absolute atomic E-state index is 0.160. The zero-order chi connectivity index (χ0) is 17.4. The molecule has 6 heteroatoms. The maximum Gasteiger partial charge on any atom is 0.407 e. The molecular formula is C17H31NO4Si. The minimum Gasteiger partial charge on any atom is -0.465 e. The van der Waals surface area contributed by atoms with Crippen molar-refractivity contribution in [3.8, 4) is 0 Å². The van der Waals surface area contributed by atoms with Crippen LogP contribution in [0.1, 0.15) is 33.6 Å². The largest absolute Gasteiger partial charge is 0.465 e. The van der Waals surface area contributed by atoms with Crippen LogP contribution in [0, 0.1) is 11.3 Å². The van der Waals surface area contributed by atoms with Gasteiger partial charge in [-0.3, -0.25) is 4.90 Å². The van der Waals surface area contributed by atoms with Crippen LogP contribution in [-0.4, -0.2) is 54.8 Å². The first kappa shape index (κ1) is 18.5. The molecule has 0 aromatic carbocycles. The van der Waals surface area contributed by atoms with Gasteiger partial charge in [-0.2, -0.15) is 0 Å². The van der Waals surface area contributed by atoms with Crippen LogP contribution in [0.4, 0.5) is 4.79 Å². The van der Waals surface area contributed by atoms with Gasteiger partial charge in [0, 0.05) is 0 Å².